The monoisotopic (exact) mass is 336 g/mol. The Balaban J connectivity index is 1.83. The summed E-state index contributed by atoms with van der Waals surface area (Å²) in [6, 6.07) is 8.84. The summed E-state index contributed by atoms with van der Waals surface area (Å²) < 4.78 is 37.7. The van der Waals surface area contributed by atoms with Crippen molar-refractivity contribution in [2.75, 3.05) is 18.0 Å². The van der Waals surface area contributed by atoms with E-state index in [0.29, 0.717) is 5.75 Å². The minimum Gasteiger partial charge on any atom is -0.436 e. The normalized spacial score (nSPS) is 14.5. The van der Waals surface area contributed by atoms with E-state index in [0.717, 1.165) is 18.8 Å². The zero-order chi connectivity index (χ0) is 16.4. The molecule has 3 rings (SSSR count). The first-order chi connectivity index (χ1) is 11.0. The van der Waals surface area contributed by atoms with E-state index in [1.54, 1.807) is 12.1 Å². The van der Waals surface area contributed by atoms with Crippen LogP contribution >= 0.6 is 0 Å². The van der Waals surface area contributed by atoms with E-state index in [2.05, 4.69) is 27.9 Å². The quantitative estimate of drug-likeness (QED) is 0.830. The van der Waals surface area contributed by atoms with Gasteiger partial charge in [-0.05, 0) is 38.1 Å². The van der Waals surface area contributed by atoms with Gasteiger partial charge in [0.05, 0.1) is 0 Å². The smallest absolute Gasteiger partial charge is 0.436 e. The molecular formula is C15H16N2O5S. The predicted octanol–water partition coefficient (Wildman–Crippen LogP) is 2.74. The summed E-state index contributed by atoms with van der Waals surface area (Å²) in [6.07, 6.45) is 1.39. The number of anilines is 1. The van der Waals surface area contributed by atoms with Crippen LogP contribution in [0.3, 0.4) is 0 Å². The number of hydrogen-bond donors (Lipinski definition) is 0. The minimum atomic E-state index is -4.07. The SMILES string of the molecule is CCN(CC)c1ccc(Oc2nccc3c2OS(=O)(=O)O3)cc1. The molecule has 23 heavy (non-hydrogen) atoms. The first-order valence-electron chi connectivity index (χ1n) is 7.18. The van der Waals surface area contributed by atoms with Crippen molar-refractivity contribution in [3.63, 3.8) is 0 Å². The highest BCUT2D eigenvalue weighted by Crippen LogP contribution is 2.43. The second kappa shape index (κ2) is 5.96. The van der Waals surface area contributed by atoms with Gasteiger partial charge in [-0.3, -0.25) is 0 Å². The summed E-state index contributed by atoms with van der Waals surface area (Å²) in [6.45, 7) is 5.99. The Hall–Kier alpha value is -2.48. The summed E-state index contributed by atoms with van der Waals surface area (Å²) in [5.41, 5.74) is 1.08. The van der Waals surface area contributed by atoms with Gasteiger partial charge in [-0.15, -0.1) is 8.42 Å². The molecule has 0 spiro atoms. The van der Waals surface area contributed by atoms with E-state index in [1.807, 2.05) is 12.1 Å². The molecule has 0 aliphatic carbocycles. The molecule has 2 aromatic rings. The lowest BCUT2D eigenvalue weighted by Gasteiger charge is -2.21. The van der Waals surface area contributed by atoms with Crippen LogP contribution in [-0.2, 0) is 10.4 Å². The van der Waals surface area contributed by atoms with Crippen molar-refractivity contribution in [3.8, 4) is 23.1 Å². The fraction of sp³-hybridized carbons (Fsp3) is 0.267. The Kier molecular flexibility index (Phi) is 3.99. The van der Waals surface area contributed by atoms with Gasteiger partial charge in [0, 0.05) is 31.0 Å². The molecule has 0 bridgehead atoms. The highest BCUT2D eigenvalue weighted by atomic mass is 32.3. The molecule has 0 saturated heterocycles. The fourth-order valence-electron chi connectivity index (χ4n) is 2.28. The van der Waals surface area contributed by atoms with Crippen molar-refractivity contribution in [3.05, 3.63) is 36.5 Å². The second-order valence-corrected chi connectivity index (χ2v) is 5.94. The van der Waals surface area contributed by atoms with Crippen LogP contribution in [0.15, 0.2) is 36.5 Å². The number of nitrogens with zero attached hydrogens (tertiary/aromatic N) is 2. The van der Waals surface area contributed by atoms with Crippen molar-refractivity contribution in [2.24, 2.45) is 0 Å². The molecule has 2 heterocycles. The highest BCUT2D eigenvalue weighted by molar-refractivity contribution is 7.82. The van der Waals surface area contributed by atoms with Crippen molar-refractivity contribution in [1.29, 1.82) is 0 Å². The van der Waals surface area contributed by atoms with E-state index < -0.39 is 10.4 Å². The fourth-order valence-corrected chi connectivity index (χ4v) is 3.02. The molecule has 8 heteroatoms. The number of fused-ring (bicyclic) bond motifs is 1. The number of pyridine rings is 1. The maximum Gasteiger partial charge on any atom is 0.501 e. The van der Waals surface area contributed by atoms with Crippen LogP contribution in [0, 0.1) is 0 Å². The number of ether oxygens (including phenoxy) is 1. The lowest BCUT2D eigenvalue weighted by atomic mass is 10.2. The molecule has 0 saturated carbocycles. The Morgan fingerprint density at radius 2 is 1.78 bits per heavy atom. The topological polar surface area (TPSA) is 78.0 Å². The molecule has 0 atom stereocenters. The molecule has 1 aliphatic heterocycles. The van der Waals surface area contributed by atoms with E-state index in [1.165, 1.54) is 12.3 Å². The predicted molar refractivity (Wildman–Crippen MR) is 84.5 cm³/mol. The summed E-state index contributed by atoms with van der Waals surface area (Å²) in [5.74, 6) is 0.587. The van der Waals surface area contributed by atoms with Gasteiger partial charge in [-0.1, -0.05) is 0 Å². The summed E-state index contributed by atoms with van der Waals surface area (Å²) in [7, 11) is -4.07. The van der Waals surface area contributed by atoms with E-state index in [4.69, 9.17) is 8.92 Å². The van der Waals surface area contributed by atoms with Crippen LogP contribution in [0.2, 0.25) is 0 Å². The molecule has 0 fully saturated rings. The maximum atomic E-state index is 11.3. The van der Waals surface area contributed by atoms with Crippen LogP contribution in [0.4, 0.5) is 5.69 Å². The van der Waals surface area contributed by atoms with Crippen molar-refractivity contribution < 1.29 is 21.5 Å². The standard InChI is InChI=1S/C15H16N2O5S/c1-3-17(4-2)11-5-7-12(8-6-11)20-15-14-13(9-10-16-15)21-23(18,19)22-14/h5-10H,3-4H2,1-2H3. The zero-order valence-corrected chi connectivity index (χ0v) is 13.5. The van der Waals surface area contributed by atoms with Gasteiger partial charge < -0.3 is 18.0 Å². The molecule has 0 radical (unpaired) electrons. The lowest BCUT2D eigenvalue weighted by Crippen LogP contribution is -2.21. The van der Waals surface area contributed by atoms with Gasteiger partial charge in [0.15, 0.2) is 5.75 Å². The highest BCUT2D eigenvalue weighted by Gasteiger charge is 2.32. The minimum absolute atomic E-state index is 0.0409. The Morgan fingerprint density at radius 3 is 2.43 bits per heavy atom. The first kappa shape index (κ1) is 15.4. The molecule has 122 valence electrons. The largest absolute Gasteiger partial charge is 0.501 e. The van der Waals surface area contributed by atoms with Crippen molar-refractivity contribution in [1.82, 2.24) is 4.98 Å². The lowest BCUT2D eigenvalue weighted by molar-refractivity contribution is 0.416. The van der Waals surface area contributed by atoms with Crippen molar-refractivity contribution in [2.45, 2.75) is 13.8 Å². The number of rotatable bonds is 5. The average molecular weight is 336 g/mol. The first-order valence-corrected chi connectivity index (χ1v) is 8.51. The summed E-state index contributed by atoms with van der Waals surface area (Å²) in [4.78, 5) is 6.20. The summed E-state index contributed by atoms with van der Waals surface area (Å²) >= 11 is 0. The second-order valence-electron chi connectivity index (χ2n) is 4.79. The number of benzene rings is 1. The molecule has 7 nitrogen and oxygen atoms in total. The van der Waals surface area contributed by atoms with Crippen LogP contribution in [0.1, 0.15) is 13.8 Å². The van der Waals surface area contributed by atoms with Crippen LogP contribution in [0.25, 0.3) is 0 Å². The molecule has 0 N–H and O–H groups in total. The third-order valence-corrected chi connectivity index (χ3v) is 4.15. The van der Waals surface area contributed by atoms with E-state index in [9.17, 15) is 8.42 Å². The van der Waals surface area contributed by atoms with E-state index >= 15 is 0 Å². The third kappa shape index (κ3) is 3.16. The average Bonchev–Trinajstić information content (AvgIpc) is 2.85. The third-order valence-electron chi connectivity index (χ3n) is 3.39. The maximum absolute atomic E-state index is 11.3. The van der Waals surface area contributed by atoms with E-state index in [-0.39, 0.29) is 17.4 Å². The molecule has 0 unspecified atom stereocenters. The van der Waals surface area contributed by atoms with Crippen LogP contribution in [0.5, 0.6) is 23.1 Å². The molecule has 1 aromatic heterocycles. The number of hydrogen-bond acceptors (Lipinski definition) is 7. The molecular weight excluding hydrogens is 320 g/mol. The van der Waals surface area contributed by atoms with Crippen LogP contribution in [-0.4, -0.2) is 26.5 Å². The molecule has 1 aromatic carbocycles. The summed E-state index contributed by atoms with van der Waals surface area (Å²) in [5, 5.41) is 0. The molecule has 0 amide bonds. The van der Waals surface area contributed by atoms with Gasteiger partial charge in [0.1, 0.15) is 5.75 Å². The Labute approximate surface area is 134 Å². The zero-order valence-electron chi connectivity index (χ0n) is 12.7. The Morgan fingerprint density at radius 1 is 1.09 bits per heavy atom. The molecule has 1 aliphatic rings. The van der Waals surface area contributed by atoms with Gasteiger partial charge in [-0.25, -0.2) is 4.98 Å². The van der Waals surface area contributed by atoms with Gasteiger partial charge in [0.25, 0.3) is 11.6 Å². The van der Waals surface area contributed by atoms with Gasteiger partial charge >= 0.3 is 10.4 Å². The van der Waals surface area contributed by atoms with Crippen LogP contribution < -0.4 is 18.0 Å². The van der Waals surface area contributed by atoms with Gasteiger partial charge in [-0.2, -0.15) is 0 Å². The van der Waals surface area contributed by atoms with Crippen molar-refractivity contribution >= 4 is 16.1 Å². The van der Waals surface area contributed by atoms with Gasteiger partial charge in [0.2, 0.25) is 0 Å². The number of aromatic nitrogens is 1. The Bertz CT molecular complexity index is 801.